The van der Waals surface area contributed by atoms with Gasteiger partial charge in [0.25, 0.3) is 0 Å². The number of rotatable bonds is 2. The zero-order valence-corrected chi connectivity index (χ0v) is 13.4. The van der Waals surface area contributed by atoms with Gasteiger partial charge in [0.1, 0.15) is 5.78 Å². The van der Waals surface area contributed by atoms with Crippen LogP contribution in [0.25, 0.3) is 0 Å². The third kappa shape index (κ3) is 2.36. The van der Waals surface area contributed by atoms with Crippen LogP contribution in [-0.2, 0) is 4.79 Å². The molecule has 0 N–H and O–H groups in total. The minimum atomic E-state index is 0.241. The van der Waals surface area contributed by atoms with E-state index in [2.05, 4.69) is 59.8 Å². The Labute approximate surface area is 126 Å². The van der Waals surface area contributed by atoms with E-state index in [4.69, 9.17) is 0 Å². The molecule has 2 aliphatic rings. The summed E-state index contributed by atoms with van der Waals surface area (Å²) in [7, 11) is 0. The number of Topliss-reactive ketones (excluding diaryl/α,β-unsaturated/α-hetero) is 1. The van der Waals surface area contributed by atoms with E-state index >= 15 is 0 Å². The van der Waals surface area contributed by atoms with Crippen LogP contribution in [-0.4, -0.2) is 14.5 Å². The molecule has 0 amide bonds. The predicted octanol–water partition coefficient (Wildman–Crippen LogP) is 4.34. The Kier molecular flexibility index (Phi) is 3.47. The summed E-state index contributed by atoms with van der Waals surface area (Å²) in [6.45, 7) is 2.34. The van der Waals surface area contributed by atoms with Gasteiger partial charge in [-0.05, 0) is 30.9 Å². The summed E-state index contributed by atoms with van der Waals surface area (Å²) in [5, 5.41) is 0. The molecule has 0 heterocycles. The molecule has 18 heavy (non-hydrogen) atoms. The van der Waals surface area contributed by atoms with E-state index in [1.807, 2.05) is 11.8 Å². The van der Waals surface area contributed by atoms with E-state index in [0.29, 0.717) is 21.5 Å². The minimum Gasteiger partial charge on any atom is -0.299 e. The van der Waals surface area contributed by atoms with Crippen LogP contribution < -0.4 is 0 Å². The van der Waals surface area contributed by atoms with Crippen molar-refractivity contribution >= 4 is 40.1 Å². The molecule has 2 aliphatic carbocycles. The lowest BCUT2D eigenvalue weighted by Gasteiger charge is -2.39. The summed E-state index contributed by atoms with van der Waals surface area (Å²) in [6.07, 6.45) is 3.06. The van der Waals surface area contributed by atoms with Crippen LogP contribution in [0.2, 0.25) is 0 Å². The SMILES string of the molecule is C[C@@]1(Sc2ccccc2)C[C@H]2CC(=O)[C@@H](C1)[C@H]2I. The molecule has 1 aromatic carbocycles. The number of hydrogen-bond acceptors (Lipinski definition) is 2. The maximum absolute atomic E-state index is 12.0. The van der Waals surface area contributed by atoms with Crippen molar-refractivity contribution in [2.24, 2.45) is 11.8 Å². The number of carbonyl (C=O) groups is 1. The highest BCUT2D eigenvalue weighted by atomic mass is 127. The second-order valence-electron chi connectivity index (χ2n) is 5.75. The van der Waals surface area contributed by atoms with E-state index in [1.165, 1.54) is 11.3 Å². The van der Waals surface area contributed by atoms with Crippen molar-refractivity contribution in [1.82, 2.24) is 0 Å². The summed E-state index contributed by atoms with van der Waals surface area (Å²) in [5.74, 6) is 1.43. The lowest BCUT2D eigenvalue weighted by Crippen LogP contribution is -2.37. The van der Waals surface area contributed by atoms with Crippen molar-refractivity contribution in [2.45, 2.75) is 39.8 Å². The van der Waals surface area contributed by atoms with Gasteiger partial charge in [-0.25, -0.2) is 0 Å². The molecule has 0 saturated heterocycles. The largest absolute Gasteiger partial charge is 0.299 e. The third-order valence-electron chi connectivity index (χ3n) is 4.16. The number of alkyl halides is 1. The fraction of sp³-hybridized carbons (Fsp3) is 0.533. The van der Waals surface area contributed by atoms with Gasteiger partial charge in [-0.3, -0.25) is 4.79 Å². The van der Waals surface area contributed by atoms with Gasteiger partial charge in [-0.2, -0.15) is 0 Å². The van der Waals surface area contributed by atoms with Crippen molar-refractivity contribution in [3.63, 3.8) is 0 Å². The molecule has 0 radical (unpaired) electrons. The second kappa shape index (κ2) is 4.82. The van der Waals surface area contributed by atoms with Gasteiger partial charge in [0.05, 0.1) is 0 Å². The summed E-state index contributed by atoms with van der Waals surface area (Å²) in [5.41, 5.74) is 0. The monoisotopic (exact) mass is 372 g/mol. The van der Waals surface area contributed by atoms with Crippen molar-refractivity contribution in [1.29, 1.82) is 0 Å². The van der Waals surface area contributed by atoms with Gasteiger partial charge in [-0.1, -0.05) is 47.7 Å². The maximum Gasteiger partial charge on any atom is 0.137 e. The lowest BCUT2D eigenvalue weighted by atomic mass is 9.81. The third-order valence-corrected chi connectivity index (χ3v) is 7.38. The average Bonchev–Trinajstić information content (AvgIpc) is 2.51. The van der Waals surface area contributed by atoms with Crippen LogP contribution in [0, 0.1) is 11.8 Å². The van der Waals surface area contributed by atoms with Crippen molar-refractivity contribution in [3.05, 3.63) is 30.3 Å². The zero-order valence-electron chi connectivity index (χ0n) is 10.4. The molecule has 2 saturated carbocycles. The highest BCUT2D eigenvalue weighted by Gasteiger charge is 2.51. The van der Waals surface area contributed by atoms with E-state index in [0.717, 1.165) is 12.8 Å². The van der Waals surface area contributed by atoms with Crippen LogP contribution in [0.3, 0.4) is 0 Å². The first kappa shape index (κ1) is 13.0. The Morgan fingerprint density at radius 1 is 1.28 bits per heavy atom. The topological polar surface area (TPSA) is 17.1 Å². The summed E-state index contributed by atoms with van der Waals surface area (Å²) in [4.78, 5) is 13.3. The van der Waals surface area contributed by atoms with Crippen LogP contribution in [0.15, 0.2) is 35.2 Å². The molecule has 2 fully saturated rings. The van der Waals surface area contributed by atoms with E-state index in [-0.39, 0.29) is 4.75 Å². The Hall–Kier alpha value is -0.0300. The molecule has 1 nitrogen and oxygen atoms in total. The number of thioether (sulfide) groups is 1. The van der Waals surface area contributed by atoms with Gasteiger partial charge >= 0.3 is 0 Å². The average molecular weight is 372 g/mol. The Morgan fingerprint density at radius 2 is 2.00 bits per heavy atom. The molecule has 3 heteroatoms. The number of hydrogen-bond donors (Lipinski definition) is 0. The minimum absolute atomic E-state index is 0.241. The van der Waals surface area contributed by atoms with Gasteiger partial charge in [0, 0.05) is 25.9 Å². The quantitative estimate of drug-likeness (QED) is 0.568. The number of ketones is 1. The van der Waals surface area contributed by atoms with Gasteiger partial charge in [-0.15, -0.1) is 11.8 Å². The number of halogens is 1. The highest BCUT2D eigenvalue weighted by Crippen LogP contribution is 2.54. The van der Waals surface area contributed by atoms with Crippen molar-refractivity contribution < 1.29 is 4.79 Å². The normalized spacial score (nSPS) is 39.0. The Balaban J connectivity index is 1.79. The van der Waals surface area contributed by atoms with Crippen molar-refractivity contribution in [2.75, 3.05) is 0 Å². The fourth-order valence-corrected chi connectivity index (χ4v) is 5.99. The number of benzene rings is 1. The highest BCUT2D eigenvalue weighted by molar-refractivity contribution is 14.1. The molecule has 1 aromatic rings. The number of fused-ring (bicyclic) bond motifs is 2. The maximum atomic E-state index is 12.0. The summed E-state index contributed by atoms with van der Waals surface area (Å²) >= 11 is 4.47. The standard InChI is InChI=1S/C15H17IOS/c1-15(18-11-5-3-2-4-6-11)8-10-7-13(17)12(9-15)14(10)16/h2-6,10,12,14H,7-9H2,1H3/t10-,12-,14+,15-/m1/s1. The van der Waals surface area contributed by atoms with Crippen LogP contribution in [0.5, 0.6) is 0 Å². The molecular formula is C15H17IOS. The molecular weight excluding hydrogens is 355 g/mol. The zero-order chi connectivity index (χ0) is 12.8. The molecule has 0 aromatic heterocycles. The van der Waals surface area contributed by atoms with E-state index in [1.54, 1.807) is 0 Å². The first-order chi connectivity index (χ1) is 8.57. The van der Waals surface area contributed by atoms with Gasteiger partial charge in [0.2, 0.25) is 0 Å². The smallest absolute Gasteiger partial charge is 0.137 e. The molecule has 0 unspecified atom stereocenters. The fourth-order valence-electron chi connectivity index (χ4n) is 3.40. The Morgan fingerprint density at radius 3 is 2.67 bits per heavy atom. The summed E-state index contributed by atoms with van der Waals surface area (Å²) in [6, 6.07) is 10.6. The molecule has 0 spiro atoms. The number of carbonyl (C=O) groups excluding carboxylic acids is 1. The molecule has 3 rings (SSSR count). The van der Waals surface area contributed by atoms with Crippen LogP contribution in [0.4, 0.5) is 0 Å². The molecule has 2 bridgehead atoms. The second-order valence-corrected chi connectivity index (χ2v) is 8.85. The lowest BCUT2D eigenvalue weighted by molar-refractivity contribution is -0.120. The summed E-state index contributed by atoms with van der Waals surface area (Å²) < 4.78 is 0.824. The Bertz CT molecular complexity index is 461. The van der Waals surface area contributed by atoms with Crippen molar-refractivity contribution in [3.8, 4) is 0 Å². The van der Waals surface area contributed by atoms with E-state index < -0.39 is 0 Å². The molecule has 96 valence electrons. The first-order valence-electron chi connectivity index (χ1n) is 6.48. The first-order valence-corrected chi connectivity index (χ1v) is 8.54. The van der Waals surface area contributed by atoms with E-state index in [9.17, 15) is 4.79 Å². The molecule has 0 aliphatic heterocycles. The van der Waals surface area contributed by atoms with Crippen LogP contribution in [0.1, 0.15) is 26.2 Å². The van der Waals surface area contributed by atoms with Crippen LogP contribution >= 0.6 is 34.4 Å². The predicted molar refractivity (Wildman–Crippen MR) is 84.4 cm³/mol. The van der Waals surface area contributed by atoms with Gasteiger partial charge < -0.3 is 0 Å². The van der Waals surface area contributed by atoms with Gasteiger partial charge in [0.15, 0.2) is 0 Å². The molecule has 4 atom stereocenters.